The third kappa shape index (κ3) is 3.17. The number of piperidine rings is 1. The molecule has 1 saturated heterocycles. The van der Waals surface area contributed by atoms with Crippen LogP contribution >= 0.6 is 0 Å². The van der Waals surface area contributed by atoms with Gasteiger partial charge in [0.25, 0.3) is 0 Å². The summed E-state index contributed by atoms with van der Waals surface area (Å²) in [6, 6.07) is 4.71. The fourth-order valence-corrected chi connectivity index (χ4v) is 3.53. The first-order valence-corrected chi connectivity index (χ1v) is 8.48. The third-order valence-electron chi connectivity index (χ3n) is 5.11. The first-order chi connectivity index (χ1) is 10.7. The van der Waals surface area contributed by atoms with Gasteiger partial charge in [0.05, 0.1) is 5.69 Å². The molecule has 1 aromatic heterocycles. The molecule has 0 radical (unpaired) electrons. The van der Waals surface area contributed by atoms with Gasteiger partial charge in [-0.3, -0.25) is 0 Å². The highest BCUT2D eigenvalue weighted by Gasteiger charge is 2.25. The Morgan fingerprint density at radius 2 is 2.00 bits per heavy atom. The fourth-order valence-electron chi connectivity index (χ4n) is 3.53. The molecule has 0 spiro atoms. The zero-order chi connectivity index (χ0) is 15.5. The Morgan fingerprint density at radius 3 is 2.68 bits per heavy atom. The van der Waals surface area contributed by atoms with Gasteiger partial charge in [-0.05, 0) is 44.0 Å². The van der Waals surface area contributed by atoms with Crippen LogP contribution in [0.25, 0.3) is 11.0 Å². The molecule has 3 nitrogen and oxygen atoms in total. The topological polar surface area (TPSA) is 29.3 Å². The summed E-state index contributed by atoms with van der Waals surface area (Å²) < 4.78 is 18.5. The lowest BCUT2D eigenvalue weighted by Gasteiger charge is -2.33. The molecule has 0 amide bonds. The van der Waals surface area contributed by atoms with Crippen LogP contribution in [0, 0.1) is 11.7 Å². The van der Waals surface area contributed by atoms with E-state index in [2.05, 4.69) is 23.9 Å². The summed E-state index contributed by atoms with van der Waals surface area (Å²) in [6.07, 6.45) is 4.74. The average Bonchev–Trinajstić information content (AvgIpc) is 2.96. The second kappa shape index (κ2) is 6.78. The normalized spacial score (nSPS) is 17.6. The van der Waals surface area contributed by atoms with Crippen LogP contribution in [0.15, 0.2) is 22.7 Å². The van der Waals surface area contributed by atoms with Crippen molar-refractivity contribution in [1.29, 1.82) is 0 Å². The van der Waals surface area contributed by atoms with Crippen molar-refractivity contribution in [2.45, 2.75) is 45.4 Å². The van der Waals surface area contributed by atoms with Gasteiger partial charge >= 0.3 is 0 Å². The molecule has 1 fully saturated rings. The Kier molecular flexibility index (Phi) is 4.77. The number of nitrogens with zero attached hydrogens (tertiary/aromatic N) is 2. The second-order valence-electron chi connectivity index (χ2n) is 6.47. The van der Waals surface area contributed by atoms with E-state index in [1.165, 1.54) is 31.5 Å². The number of likely N-dealkylation sites (tertiary alicyclic amines) is 1. The van der Waals surface area contributed by atoms with Crippen molar-refractivity contribution in [3.8, 4) is 0 Å². The number of fused-ring (bicyclic) bond motifs is 1. The summed E-state index contributed by atoms with van der Waals surface area (Å²) in [5.41, 5.74) is 1.58. The standard InChI is InChI=1S/C18H25FN2O/c1-3-13(4-2)12-21-9-7-14(8-10-21)18-16-6-5-15(19)11-17(16)22-20-18/h5-6,11,13-14H,3-4,7-10,12H2,1-2H3. The van der Waals surface area contributed by atoms with Crippen molar-refractivity contribution >= 4 is 11.0 Å². The Morgan fingerprint density at radius 1 is 1.27 bits per heavy atom. The Labute approximate surface area is 131 Å². The molecule has 0 unspecified atom stereocenters. The molecule has 1 aromatic carbocycles. The summed E-state index contributed by atoms with van der Waals surface area (Å²) in [5.74, 6) is 0.979. The van der Waals surface area contributed by atoms with Crippen LogP contribution in [0.3, 0.4) is 0 Å². The minimum absolute atomic E-state index is 0.268. The van der Waals surface area contributed by atoms with Gasteiger partial charge < -0.3 is 9.42 Å². The van der Waals surface area contributed by atoms with Crippen LogP contribution in [0.2, 0.25) is 0 Å². The molecule has 120 valence electrons. The minimum atomic E-state index is -0.268. The number of benzene rings is 1. The van der Waals surface area contributed by atoms with E-state index in [9.17, 15) is 4.39 Å². The van der Waals surface area contributed by atoms with Gasteiger partial charge in [-0.15, -0.1) is 0 Å². The lowest BCUT2D eigenvalue weighted by molar-refractivity contribution is 0.176. The first kappa shape index (κ1) is 15.5. The van der Waals surface area contributed by atoms with Gasteiger partial charge in [-0.25, -0.2) is 4.39 Å². The van der Waals surface area contributed by atoms with Crippen LogP contribution in [0.5, 0.6) is 0 Å². The van der Waals surface area contributed by atoms with E-state index in [1.807, 2.05) is 0 Å². The van der Waals surface area contributed by atoms with E-state index in [0.29, 0.717) is 11.5 Å². The Balaban J connectivity index is 1.65. The quantitative estimate of drug-likeness (QED) is 0.809. The predicted molar refractivity (Wildman–Crippen MR) is 86.5 cm³/mol. The molecule has 0 aliphatic carbocycles. The summed E-state index contributed by atoms with van der Waals surface area (Å²) >= 11 is 0. The molecule has 2 heterocycles. The molecule has 1 aliphatic heterocycles. The Hall–Kier alpha value is -1.42. The largest absolute Gasteiger partial charge is 0.356 e. The smallest absolute Gasteiger partial charge is 0.170 e. The van der Waals surface area contributed by atoms with Crippen molar-refractivity contribution in [2.75, 3.05) is 19.6 Å². The molecule has 3 rings (SSSR count). The maximum atomic E-state index is 13.2. The second-order valence-corrected chi connectivity index (χ2v) is 6.47. The highest BCUT2D eigenvalue weighted by atomic mass is 19.1. The summed E-state index contributed by atoms with van der Waals surface area (Å²) in [6.45, 7) is 8.01. The molecule has 0 bridgehead atoms. The number of hydrogen-bond donors (Lipinski definition) is 0. The van der Waals surface area contributed by atoms with Crippen LogP contribution < -0.4 is 0 Å². The van der Waals surface area contributed by atoms with Crippen molar-refractivity contribution in [3.63, 3.8) is 0 Å². The van der Waals surface area contributed by atoms with E-state index in [-0.39, 0.29) is 5.82 Å². The van der Waals surface area contributed by atoms with E-state index in [0.717, 1.165) is 42.9 Å². The fraction of sp³-hybridized carbons (Fsp3) is 0.611. The lowest BCUT2D eigenvalue weighted by Crippen LogP contribution is -2.36. The summed E-state index contributed by atoms with van der Waals surface area (Å²) in [7, 11) is 0. The van der Waals surface area contributed by atoms with Gasteiger partial charge in [0.2, 0.25) is 0 Å². The van der Waals surface area contributed by atoms with Gasteiger partial charge in [-0.2, -0.15) is 0 Å². The van der Waals surface area contributed by atoms with E-state index < -0.39 is 0 Å². The monoisotopic (exact) mass is 304 g/mol. The zero-order valence-corrected chi connectivity index (χ0v) is 13.5. The molecular formula is C18H25FN2O. The van der Waals surface area contributed by atoms with Crippen molar-refractivity contribution < 1.29 is 8.91 Å². The van der Waals surface area contributed by atoms with Crippen LogP contribution in [0.1, 0.15) is 51.1 Å². The van der Waals surface area contributed by atoms with E-state index in [1.54, 1.807) is 6.07 Å². The van der Waals surface area contributed by atoms with Crippen LogP contribution in [-0.4, -0.2) is 29.7 Å². The van der Waals surface area contributed by atoms with Crippen molar-refractivity contribution in [3.05, 3.63) is 29.7 Å². The highest BCUT2D eigenvalue weighted by Crippen LogP contribution is 2.33. The van der Waals surface area contributed by atoms with Gasteiger partial charge in [0, 0.05) is 23.9 Å². The SMILES string of the molecule is CCC(CC)CN1CCC(c2noc3cc(F)ccc23)CC1. The van der Waals surface area contributed by atoms with Crippen molar-refractivity contribution in [1.82, 2.24) is 10.1 Å². The number of hydrogen-bond acceptors (Lipinski definition) is 3. The molecule has 0 N–H and O–H groups in total. The van der Waals surface area contributed by atoms with Gasteiger partial charge in [0.15, 0.2) is 5.58 Å². The molecule has 1 aliphatic rings. The maximum absolute atomic E-state index is 13.2. The van der Waals surface area contributed by atoms with Crippen LogP contribution in [-0.2, 0) is 0 Å². The molecular weight excluding hydrogens is 279 g/mol. The van der Waals surface area contributed by atoms with E-state index >= 15 is 0 Å². The zero-order valence-electron chi connectivity index (χ0n) is 13.5. The number of rotatable bonds is 5. The summed E-state index contributed by atoms with van der Waals surface area (Å²) in [4.78, 5) is 2.58. The average molecular weight is 304 g/mol. The van der Waals surface area contributed by atoms with Crippen molar-refractivity contribution in [2.24, 2.45) is 5.92 Å². The summed E-state index contributed by atoms with van der Waals surface area (Å²) in [5, 5.41) is 5.19. The van der Waals surface area contributed by atoms with Gasteiger partial charge in [0.1, 0.15) is 5.82 Å². The molecule has 4 heteroatoms. The molecule has 0 atom stereocenters. The first-order valence-electron chi connectivity index (χ1n) is 8.48. The predicted octanol–water partition coefficient (Wildman–Crippen LogP) is 4.58. The molecule has 2 aromatic rings. The Bertz CT molecular complexity index is 613. The van der Waals surface area contributed by atoms with E-state index in [4.69, 9.17) is 4.52 Å². The number of halogens is 1. The minimum Gasteiger partial charge on any atom is -0.356 e. The maximum Gasteiger partial charge on any atom is 0.170 e. The van der Waals surface area contributed by atoms with Gasteiger partial charge in [-0.1, -0.05) is 31.8 Å². The third-order valence-corrected chi connectivity index (χ3v) is 5.11. The molecule has 0 saturated carbocycles. The lowest BCUT2D eigenvalue weighted by atomic mass is 9.90. The van der Waals surface area contributed by atoms with Crippen LogP contribution in [0.4, 0.5) is 4.39 Å². The highest BCUT2D eigenvalue weighted by molar-refractivity contribution is 5.79. The number of aromatic nitrogens is 1. The molecule has 22 heavy (non-hydrogen) atoms.